The Labute approximate surface area is 104 Å². The first-order valence-electron chi connectivity index (χ1n) is 5.46. The minimum atomic E-state index is -1.03. The highest BCUT2D eigenvalue weighted by atomic mass is 16.5. The van der Waals surface area contributed by atoms with Crippen molar-refractivity contribution in [1.82, 2.24) is 10.1 Å². The number of rotatable bonds is 5. The topological polar surface area (TPSA) is 79.7 Å². The Kier molecular flexibility index (Phi) is 3.47. The van der Waals surface area contributed by atoms with Crippen molar-refractivity contribution in [2.24, 2.45) is 0 Å². The number of aromatic carboxylic acids is 1. The summed E-state index contributed by atoms with van der Waals surface area (Å²) < 4.78 is 10.2. The molecule has 6 nitrogen and oxygen atoms in total. The third-order valence-corrected chi connectivity index (χ3v) is 2.70. The highest BCUT2D eigenvalue weighted by molar-refractivity contribution is 5.88. The van der Waals surface area contributed by atoms with Crippen molar-refractivity contribution in [1.29, 1.82) is 0 Å². The Morgan fingerprint density at radius 2 is 2.28 bits per heavy atom. The van der Waals surface area contributed by atoms with Gasteiger partial charge in [-0.05, 0) is 20.0 Å². The van der Waals surface area contributed by atoms with Gasteiger partial charge in [-0.2, -0.15) is 0 Å². The fourth-order valence-electron chi connectivity index (χ4n) is 1.72. The molecule has 6 heteroatoms. The second-order valence-corrected chi connectivity index (χ2v) is 4.14. The summed E-state index contributed by atoms with van der Waals surface area (Å²) in [4.78, 5) is 12.8. The normalized spacial score (nSPS) is 11.1. The van der Waals surface area contributed by atoms with Gasteiger partial charge in [-0.1, -0.05) is 5.16 Å². The van der Waals surface area contributed by atoms with Crippen LogP contribution in [0.4, 0.5) is 0 Å². The molecule has 0 aliphatic carbocycles. The molecule has 0 amide bonds. The van der Waals surface area contributed by atoms with Crippen LogP contribution in [0.2, 0.25) is 0 Å². The second kappa shape index (κ2) is 5.05. The summed E-state index contributed by atoms with van der Waals surface area (Å²) in [5.41, 5.74) is 1.17. The maximum atomic E-state index is 10.9. The van der Waals surface area contributed by atoms with E-state index in [4.69, 9.17) is 14.0 Å². The van der Waals surface area contributed by atoms with Gasteiger partial charge in [-0.25, -0.2) is 4.79 Å². The third kappa shape index (κ3) is 2.60. The Hall–Kier alpha value is -2.08. The molecule has 0 bridgehead atoms. The number of carbonyl (C=O) groups is 1. The average molecular weight is 250 g/mol. The van der Waals surface area contributed by atoms with Crippen LogP contribution in [0.3, 0.4) is 0 Å². The van der Waals surface area contributed by atoms with Crippen molar-refractivity contribution in [2.75, 3.05) is 7.05 Å². The van der Waals surface area contributed by atoms with Gasteiger partial charge in [0.25, 0.3) is 0 Å². The molecule has 1 N–H and O–H groups in total. The number of furan rings is 1. The fraction of sp³-hybridized carbons (Fsp3) is 0.333. The summed E-state index contributed by atoms with van der Waals surface area (Å²) in [7, 11) is 1.88. The second-order valence-electron chi connectivity index (χ2n) is 4.14. The highest BCUT2D eigenvalue weighted by Crippen LogP contribution is 2.15. The highest BCUT2D eigenvalue weighted by Gasteiger charge is 2.17. The zero-order chi connectivity index (χ0) is 13.1. The SMILES string of the molecule is Cc1occc1CN(C)Cc1oncc1C(=O)O. The summed E-state index contributed by atoms with van der Waals surface area (Å²) in [6.07, 6.45) is 2.85. The molecule has 0 atom stereocenters. The van der Waals surface area contributed by atoms with Crippen LogP contribution >= 0.6 is 0 Å². The smallest absolute Gasteiger partial charge is 0.341 e. The number of carboxylic acids is 1. The molecule has 0 saturated heterocycles. The number of hydrogen-bond acceptors (Lipinski definition) is 5. The Morgan fingerprint density at radius 1 is 1.50 bits per heavy atom. The van der Waals surface area contributed by atoms with Crippen molar-refractivity contribution >= 4 is 5.97 Å². The van der Waals surface area contributed by atoms with Gasteiger partial charge in [0.1, 0.15) is 11.3 Å². The molecule has 0 radical (unpaired) electrons. The largest absolute Gasteiger partial charge is 0.478 e. The van der Waals surface area contributed by atoms with E-state index in [9.17, 15) is 4.79 Å². The first kappa shape index (κ1) is 12.4. The number of carboxylic acid groups (broad SMARTS) is 1. The summed E-state index contributed by atoms with van der Waals surface area (Å²) >= 11 is 0. The molecule has 0 saturated carbocycles. The predicted molar refractivity (Wildman–Crippen MR) is 62.1 cm³/mol. The van der Waals surface area contributed by atoms with Crippen LogP contribution in [0.1, 0.15) is 27.4 Å². The molecule has 0 fully saturated rings. The van der Waals surface area contributed by atoms with Crippen molar-refractivity contribution in [2.45, 2.75) is 20.0 Å². The minimum Gasteiger partial charge on any atom is -0.478 e. The van der Waals surface area contributed by atoms with Crippen molar-refractivity contribution in [3.8, 4) is 0 Å². The number of aromatic nitrogens is 1. The molecule has 2 heterocycles. The maximum Gasteiger partial charge on any atom is 0.341 e. The van der Waals surface area contributed by atoms with E-state index in [2.05, 4.69) is 5.16 Å². The van der Waals surface area contributed by atoms with Crippen LogP contribution in [-0.4, -0.2) is 28.2 Å². The van der Waals surface area contributed by atoms with E-state index < -0.39 is 5.97 Å². The molecule has 2 aromatic heterocycles. The summed E-state index contributed by atoms with van der Waals surface area (Å²) in [5.74, 6) is 0.183. The fourth-order valence-corrected chi connectivity index (χ4v) is 1.72. The van der Waals surface area contributed by atoms with E-state index in [0.29, 0.717) is 18.8 Å². The molecule has 2 aromatic rings. The van der Waals surface area contributed by atoms with Crippen molar-refractivity contribution in [3.05, 3.63) is 41.2 Å². The molecule has 0 aliphatic heterocycles. The van der Waals surface area contributed by atoms with E-state index in [1.165, 1.54) is 6.20 Å². The molecule has 0 spiro atoms. The summed E-state index contributed by atoms with van der Waals surface area (Å²) in [6, 6.07) is 1.89. The quantitative estimate of drug-likeness (QED) is 0.873. The number of hydrogen-bond donors (Lipinski definition) is 1. The van der Waals surface area contributed by atoms with Gasteiger partial charge < -0.3 is 14.0 Å². The zero-order valence-corrected chi connectivity index (χ0v) is 10.2. The van der Waals surface area contributed by atoms with Gasteiger partial charge in [0.2, 0.25) is 0 Å². The number of nitrogens with zero attached hydrogens (tertiary/aromatic N) is 2. The molecule has 0 aliphatic rings. The monoisotopic (exact) mass is 250 g/mol. The first-order valence-corrected chi connectivity index (χ1v) is 5.46. The van der Waals surface area contributed by atoms with Gasteiger partial charge in [-0.3, -0.25) is 4.90 Å². The lowest BCUT2D eigenvalue weighted by atomic mass is 10.2. The van der Waals surface area contributed by atoms with Gasteiger partial charge in [0.15, 0.2) is 5.76 Å². The van der Waals surface area contributed by atoms with E-state index in [1.807, 2.05) is 24.9 Å². The van der Waals surface area contributed by atoms with Crippen LogP contribution < -0.4 is 0 Å². The van der Waals surface area contributed by atoms with E-state index >= 15 is 0 Å². The van der Waals surface area contributed by atoms with Crippen molar-refractivity contribution in [3.63, 3.8) is 0 Å². The van der Waals surface area contributed by atoms with Gasteiger partial charge >= 0.3 is 5.97 Å². The predicted octanol–water partition coefficient (Wildman–Crippen LogP) is 1.91. The lowest BCUT2D eigenvalue weighted by molar-refractivity contribution is 0.0693. The van der Waals surface area contributed by atoms with Crippen LogP contribution in [-0.2, 0) is 13.1 Å². The van der Waals surface area contributed by atoms with Crippen LogP contribution in [0.5, 0.6) is 0 Å². The third-order valence-electron chi connectivity index (χ3n) is 2.70. The Bertz CT molecular complexity index is 544. The Balaban J connectivity index is 2.03. The zero-order valence-electron chi connectivity index (χ0n) is 10.2. The lowest BCUT2D eigenvalue weighted by Gasteiger charge is -2.14. The maximum absolute atomic E-state index is 10.9. The molecular weight excluding hydrogens is 236 g/mol. The van der Waals surface area contributed by atoms with Gasteiger partial charge in [-0.15, -0.1) is 0 Å². The average Bonchev–Trinajstić information content (AvgIpc) is 2.89. The van der Waals surface area contributed by atoms with Crippen LogP contribution in [0, 0.1) is 6.92 Å². The van der Waals surface area contributed by atoms with Crippen molar-refractivity contribution < 1.29 is 18.8 Å². The van der Waals surface area contributed by atoms with E-state index in [-0.39, 0.29) is 5.56 Å². The molecule has 18 heavy (non-hydrogen) atoms. The van der Waals surface area contributed by atoms with E-state index in [1.54, 1.807) is 6.26 Å². The lowest BCUT2D eigenvalue weighted by Crippen LogP contribution is -2.18. The molecule has 0 unspecified atom stereocenters. The summed E-state index contributed by atoms with van der Waals surface area (Å²) in [6.45, 7) is 2.93. The first-order chi connectivity index (χ1) is 8.58. The van der Waals surface area contributed by atoms with Crippen LogP contribution in [0.15, 0.2) is 27.5 Å². The molecule has 96 valence electrons. The van der Waals surface area contributed by atoms with Gasteiger partial charge in [0, 0.05) is 12.1 Å². The molecule has 0 aromatic carbocycles. The van der Waals surface area contributed by atoms with Gasteiger partial charge in [0.05, 0.1) is 19.0 Å². The van der Waals surface area contributed by atoms with Crippen LogP contribution in [0.25, 0.3) is 0 Å². The minimum absolute atomic E-state index is 0.103. The molecule has 2 rings (SSSR count). The van der Waals surface area contributed by atoms with E-state index in [0.717, 1.165) is 11.3 Å². The number of aryl methyl sites for hydroxylation is 1. The summed E-state index contributed by atoms with van der Waals surface area (Å²) in [5, 5.41) is 12.4. The standard InChI is InChI=1S/C12H14N2O4/c1-8-9(3-4-17-8)6-14(2)7-11-10(12(15)16)5-13-18-11/h3-5H,6-7H2,1-2H3,(H,15,16). The Morgan fingerprint density at radius 3 is 2.89 bits per heavy atom. The molecular formula is C12H14N2O4.